The summed E-state index contributed by atoms with van der Waals surface area (Å²) in [4.78, 5) is 14.1. The Hall–Kier alpha value is -1.22. The summed E-state index contributed by atoms with van der Waals surface area (Å²) in [6.07, 6.45) is -0.148. The van der Waals surface area contributed by atoms with Gasteiger partial charge in [-0.2, -0.15) is 5.26 Å². The quantitative estimate of drug-likeness (QED) is 0.799. The van der Waals surface area contributed by atoms with Crippen molar-refractivity contribution in [3.8, 4) is 6.07 Å². The van der Waals surface area contributed by atoms with Crippen LogP contribution in [0.4, 0.5) is 0 Å². The van der Waals surface area contributed by atoms with E-state index >= 15 is 0 Å². The zero-order valence-electron chi connectivity index (χ0n) is 11.8. The van der Waals surface area contributed by atoms with Gasteiger partial charge in [0.25, 0.3) is 0 Å². The maximum atomic E-state index is 12.2. The fraction of sp³-hybridized carbons (Fsp3) is 0.467. The van der Waals surface area contributed by atoms with Crippen molar-refractivity contribution in [2.24, 2.45) is 0 Å². The molecule has 0 unspecified atom stereocenters. The maximum Gasteiger partial charge on any atom is 0.233 e. The standard InChI is InChI=1S/C15H17ClN2O2S/c1-11-9-20-14(12-3-2-4-13(16)7-12)8-18(11)15(19)10-21-6-5-17/h2-4,7,11,14H,6,8-10H2,1H3/t11-,14-/m1/s1. The van der Waals surface area contributed by atoms with E-state index in [-0.39, 0.29) is 18.1 Å². The van der Waals surface area contributed by atoms with Gasteiger partial charge in [-0.15, -0.1) is 11.8 Å². The lowest BCUT2D eigenvalue weighted by Crippen LogP contribution is -2.49. The first-order chi connectivity index (χ1) is 10.1. The predicted molar refractivity (Wildman–Crippen MR) is 84.3 cm³/mol. The molecule has 0 aliphatic carbocycles. The van der Waals surface area contributed by atoms with E-state index in [4.69, 9.17) is 21.6 Å². The summed E-state index contributed by atoms with van der Waals surface area (Å²) in [6, 6.07) is 9.61. The van der Waals surface area contributed by atoms with Gasteiger partial charge in [-0.3, -0.25) is 4.79 Å². The summed E-state index contributed by atoms with van der Waals surface area (Å²) in [5.74, 6) is 0.723. The molecule has 1 aromatic carbocycles. The number of carbonyl (C=O) groups is 1. The Morgan fingerprint density at radius 2 is 2.43 bits per heavy atom. The second-order valence-corrected chi connectivity index (χ2v) is 6.35. The Morgan fingerprint density at radius 1 is 1.62 bits per heavy atom. The van der Waals surface area contributed by atoms with Crippen molar-refractivity contribution < 1.29 is 9.53 Å². The third kappa shape index (κ3) is 4.37. The van der Waals surface area contributed by atoms with Crippen LogP contribution in [0.25, 0.3) is 0 Å². The molecule has 1 amide bonds. The van der Waals surface area contributed by atoms with E-state index in [1.165, 1.54) is 11.8 Å². The molecule has 1 aliphatic rings. The minimum absolute atomic E-state index is 0.0515. The van der Waals surface area contributed by atoms with E-state index in [1.807, 2.05) is 42.2 Å². The topological polar surface area (TPSA) is 53.3 Å². The highest BCUT2D eigenvalue weighted by molar-refractivity contribution is 8.00. The number of carbonyl (C=O) groups excluding carboxylic acids is 1. The van der Waals surface area contributed by atoms with Crippen LogP contribution >= 0.6 is 23.4 Å². The maximum absolute atomic E-state index is 12.2. The van der Waals surface area contributed by atoms with E-state index in [0.717, 1.165) is 5.56 Å². The van der Waals surface area contributed by atoms with Gasteiger partial charge < -0.3 is 9.64 Å². The number of ether oxygens (including phenoxy) is 1. The van der Waals surface area contributed by atoms with Crippen molar-refractivity contribution >= 4 is 29.3 Å². The molecule has 0 spiro atoms. The first kappa shape index (κ1) is 16.2. The van der Waals surface area contributed by atoms with Crippen LogP contribution in [0.1, 0.15) is 18.6 Å². The second-order valence-electron chi connectivity index (χ2n) is 4.92. The Morgan fingerprint density at radius 3 is 3.14 bits per heavy atom. The number of morpholine rings is 1. The van der Waals surface area contributed by atoms with Gasteiger partial charge in [0.2, 0.25) is 5.91 Å². The minimum Gasteiger partial charge on any atom is -0.370 e. The molecule has 2 atom stereocenters. The van der Waals surface area contributed by atoms with Crippen LogP contribution in [-0.4, -0.2) is 41.5 Å². The van der Waals surface area contributed by atoms with Crippen molar-refractivity contribution in [2.45, 2.75) is 19.1 Å². The zero-order chi connectivity index (χ0) is 15.2. The van der Waals surface area contributed by atoms with Gasteiger partial charge in [0.1, 0.15) is 6.10 Å². The number of hydrogen-bond acceptors (Lipinski definition) is 4. The predicted octanol–water partition coefficient (Wildman–Crippen LogP) is 2.89. The number of halogens is 1. The van der Waals surface area contributed by atoms with Gasteiger partial charge in [-0.05, 0) is 24.6 Å². The molecule has 1 fully saturated rings. The lowest BCUT2D eigenvalue weighted by Gasteiger charge is -2.38. The van der Waals surface area contributed by atoms with Gasteiger partial charge in [0.05, 0.1) is 36.8 Å². The fourth-order valence-electron chi connectivity index (χ4n) is 2.28. The molecule has 21 heavy (non-hydrogen) atoms. The second kappa shape index (κ2) is 7.69. The molecule has 1 saturated heterocycles. The SMILES string of the molecule is C[C@@H]1CO[C@@H](c2cccc(Cl)c2)CN1C(=O)CSCC#N. The van der Waals surface area contributed by atoms with Gasteiger partial charge in [0, 0.05) is 5.02 Å². The smallest absolute Gasteiger partial charge is 0.233 e. The van der Waals surface area contributed by atoms with Gasteiger partial charge in [-0.1, -0.05) is 23.7 Å². The first-order valence-corrected chi connectivity index (χ1v) is 8.26. The third-order valence-corrected chi connectivity index (χ3v) is 4.39. The molecule has 1 heterocycles. The van der Waals surface area contributed by atoms with Crippen LogP contribution in [-0.2, 0) is 9.53 Å². The molecule has 6 heteroatoms. The molecular weight excluding hydrogens is 308 g/mol. The fourth-order valence-corrected chi connectivity index (χ4v) is 3.01. The van der Waals surface area contributed by atoms with E-state index in [1.54, 1.807) is 0 Å². The molecule has 0 aromatic heterocycles. The number of thioether (sulfide) groups is 1. The van der Waals surface area contributed by atoms with Crippen LogP contribution in [0.15, 0.2) is 24.3 Å². The van der Waals surface area contributed by atoms with Crippen LogP contribution in [0.5, 0.6) is 0 Å². The number of nitriles is 1. The molecule has 2 rings (SSSR count). The van der Waals surface area contributed by atoms with Crippen LogP contribution < -0.4 is 0 Å². The van der Waals surface area contributed by atoms with Crippen molar-refractivity contribution in [1.82, 2.24) is 4.90 Å². The lowest BCUT2D eigenvalue weighted by molar-refractivity contribution is -0.141. The van der Waals surface area contributed by atoms with E-state index < -0.39 is 0 Å². The normalized spacial score (nSPS) is 21.9. The van der Waals surface area contributed by atoms with Crippen molar-refractivity contribution in [2.75, 3.05) is 24.7 Å². The molecule has 112 valence electrons. The van der Waals surface area contributed by atoms with Gasteiger partial charge >= 0.3 is 0 Å². The first-order valence-electron chi connectivity index (χ1n) is 6.73. The van der Waals surface area contributed by atoms with Gasteiger partial charge in [0.15, 0.2) is 0 Å². The van der Waals surface area contributed by atoms with E-state index in [0.29, 0.717) is 29.7 Å². The highest BCUT2D eigenvalue weighted by Gasteiger charge is 2.30. The molecule has 4 nitrogen and oxygen atoms in total. The lowest BCUT2D eigenvalue weighted by atomic mass is 10.1. The average Bonchev–Trinajstić information content (AvgIpc) is 2.48. The molecule has 0 radical (unpaired) electrons. The average molecular weight is 325 g/mol. The Kier molecular flexibility index (Phi) is 5.92. The summed E-state index contributed by atoms with van der Waals surface area (Å²) < 4.78 is 5.83. The summed E-state index contributed by atoms with van der Waals surface area (Å²) in [5.41, 5.74) is 0.983. The number of nitrogens with zero attached hydrogens (tertiary/aromatic N) is 2. The van der Waals surface area contributed by atoms with Crippen molar-refractivity contribution in [3.05, 3.63) is 34.9 Å². The number of hydrogen-bond donors (Lipinski definition) is 0. The van der Waals surface area contributed by atoms with Crippen LogP contribution in [0, 0.1) is 11.3 Å². The Balaban J connectivity index is 2.02. The van der Waals surface area contributed by atoms with Crippen molar-refractivity contribution in [3.63, 3.8) is 0 Å². The third-order valence-electron chi connectivity index (χ3n) is 3.37. The molecule has 0 bridgehead atoms. The van der Waals surface area contributed by atoms with Gasteiger partial charge in [-0.25, -0.2) is 0 Å². The summed E-state index contributed by atoms with van der Waals surface area (Å²) in [5, 5.41) is 9.19. The Labute approximate surface area is 134 Å². The van der Waals surface area contributed by atoms with Crippen LogP contribution in [0.3, 0.4) is 0 Å². The monoisotopic (exact) mass is 324 g/mol. The number of rotatable bonds is 4. The van der Waals surface area contributed by atoms with E-state index in [2.05, 4.69) is 0 Å². The van der Waals surface area contributed by atoms with Crippen molar-refractivity contribution in [1.29, 1.82) is 5.26 Å². The summed E-state index contributed by atoms with van der Waals surface area (Å²) >= 11 is 7.35. The largest absolute Gasteiger partial charge is 0.370 e. The highest BCUT2D eigenvalue weighted by atomic mass is 35.5. The number of benzene rings is 1. The summed E-state index contributed by atoms with van der Waals surface area (Å²) in [7, 11) is 0. The molecule has 1 aromatic rings. The summed E-state index contributed by atoms with van der Waals surface area (Å²) in [6.45, 7) is 3.00. The minimum atomic E-state index is -0.148. The molecule has 0 N–H and O–H groups in total. The Bertz CT molecular complexity index is 547. The molecule has 1 aliphatic heterocycles. The number of amides is 1. The zero-order valence-corrected chi connectivity index (χ0v) is 13.4. The van der Waals surface area contributed by atoms with Crippen LogP contribution in [0.2, 0.25) is 5.02 Å². The molecule has 0 saturated carbocycles. The van der Waals surface area contributed by atoms with E-state index in [9.17, 15) is 4.79 Å². The highest BCUT2D eigenvalue weighted by Crippen LogP contribution is 2.27. The molecular formula is C15H17ClN2O2S.